The van der Waals surface area contributed by atoms with Crippen LogP contribution in [0.1, 0.15) is 36.8 Å². The van der Waals surface area contributed by atoms with Crippen molar-refractivity contribution in [3.8, 4) is 11.5 Å². The lowest BCUT2D eigenvalue weighted by Gasteiger charge is -2.28. The summed E-state index contributed by atoms with van der Waals surface area (Å²) in [6, 6.07) is 2.09. The Bertz CT molecular complexity index is 454. The maximum Gasteiger partial charge on any atom is 0.175 e. The lowest BCUT2D eigenvalue weighted by molar-refractivity contribution is 0.347. The standard InChI is InChI=1S/C14H20BrNO2/c1-9-10(14(16)6-4-5-7-14)8-11(15)13(18-3)12(9)17-2/h8H,4-7,16H2,1-3H3. The van der Waals surface area contributed by atoms with E-state index in [0.717, 1.165) is 34.4 Å². The first-order valence-corrected chi connectivity index (χ1v) is 7.03. The zero-order valence-corrected chi connectivity index (χ0v) is 12.8. The fourth-order valence-electron chi connectivity index (χ4n) is 2.93. The van der Waals surface area contributed by atoms with Crippen LogP contribution < -0.4 is 15.2 Å². The van der Waals surface area contributed by atoms with E-state index in [2.05, 4.69) is 28.9 Å². The van der Waals surface area contributed by atoms with Gasteiger partial charge in [0.2, 0.25) is 0 Å². The molecule has 2 rings (SSSR count). The second-order valence-electron chi connectivity index (χ2n) is 4.96. The van der Waals surface area contributed by atoms with Crippen molar-refractivity contribution in [3.63, 3.8) is 0 Å². The summed E-state index contributed by atoms with van der Waals surface area (Å²) in [4.78, 5) is 0. The molecule has 0 bridgehead atoms. The van der Waals surface area contributed by atoms with Gasteiger partial charge in [0, 0.05) is 11.1 Å². The second kappa shape index (κ2) is 5.10. The van der Waals surface area contributed by atoms with E-state index in [1.807, 2.05) is 0 Å². The lowest BCUT2D eigenvalue weighted by atomic mass is 9.86. The molecule has 3 nitrogen and oxygen atoms in total. The third-order valence-corrected chi connectivity index (χ3v) is 4.47. The maximum absolute atomic E-state index is 6.55. The summed E-state index contributed by atoms with van der Waals surface area (Å²) in [5.41, 5.74) is 8.59. The number of halogens is 1. The van der Waals surface area contributed by atoms with Crippen LogP contribution in [0.2, 0.25) is 0 Å². The molecule has 4 heteroatoms. The highest BCUT2D eigenvalue weighted by Gasteiger charge is 2.34. The fraction of sp³-hybridized carbons (Fsp3) is 0.571. The highest BCUT2D eigenvalue weighted by Crippen LogP contribution is 2.46. The van der Waals surface area contributed by atoms with Gasteiger partial charge in [0.15, 0.2) is 11.5 Å². The minimum atomic E-state index is -0.216. The summed E-state index contributed by atoms with van der Waals surface area (Å²) in [6.45, 7) is 2.05. The molecule has 0 saturated heterocycles. The Balaban J connectivity index is 2.59. The molecule has 0 amide bonds. The van der Waals surface area contributed by atoms with Crippen molar-refractivity contribution in [2.24, 2.45) is 5.73 Å². The van der Waals surface area contributed by atoms with Crippen LogP contribution in [0.5, 0.6) is 11.5 Å². The van der Waals surface area contributed by atoms with Crippen LogP contribution in [0.25, 0.3) is 0 Å². The van der Waals surface area contributed by atoms with Gasteiger partial charge >= 0.3 is 0 Å². The molecular formula is C14H20BrNO2. The Morgan fingerprint density at radius 1 is 1.17 bits per heavy atom. The van der Waals surface area contributed by atoms with Gasteiger partial charge in [0.1, 0.15) is 0 Å². The zero-order valence-electron chi connectivity index (χ0n) is 11.2. The van der Waals surface area contributed by atoms with E-state index in [9.17, 15) is 0 Å². The van der Waals surface area contributed by atoms with Gasteiger partial charge < -0.3 is 15.2 Å². The van der Waals surface area contributed by atoms with Crippen LogP contribution in [0.4, 0.5) is 0 Å². The van der Waals surface area contributed by atoms with E-state index in [4.69, 9.17) is 15.2 Å². The second-order valence-corrected chi connectivity index (χ2v) is 5.82. The molecule has 1 fully saturated rings. The van der Waals surface area contributed by atoms with Crippen molar-refractivity contribution < 1.29 is 9.47 Å². The predicted octanol–water partition coefficient (Wildman–Crippen LogP) is 3.50. The highest BCUT2D eigenvalue weighted by atomic mass is 79.9. The number of methoxy groups -OCH3 is 2. The van der Waals surface area contributed by atoms with Crippen molar-refractivity contribution in [1.29, 1.82) is 0 Å². The predicted molar refractivity (Wildman–Crippen MR) is 76.3 cm³/mol. The van der Waals surface area contributed by atoms with Crippen molar-refractivity contribution in [2.75, 3.05) is 14.2 Å². The Morgan fingerprint density at radius 2 is 1.72 bits per heavy atom. The first kappa shape index (κ1) is 13.7. The van der Waals surface area contributed by atoms with Crippen LogP contribution in [-0.2, 0) is 5.54 Å². The molecular weight excluding hydrogens is 294 g/mol. The average Bonchev–Trinajstić information content (AvgIpc) is 2.79. The topological polar surface area (TPSA) is 44.5 Å². The number of nitrogens with two attached hydrogens (primary N) is 1. The molecule has 0 spiro atoms. The van der Waals surface area contributed by atoms with Crippen LogP contribution in [0, 0.1) is 6.92 Å². The van der Waals surface area contributed by atoms with Crippen molar-refractivity contribution in [1.82, 2.24) is 0 Å². The molecule has 1 aliphatic rings. The number of benzene rings is 1. The van der Waals surface area contributed by atoms with E-state index in [0.29, 0.717) is 0 Å². The van der Waals surface area contributed by atoms with Crippen LogP contribution >= 0.6 is 15.9 Å². The Morgan fingerprint density at radius 3 is 2.22 bits per heavy atom. The van der Waals surface area contributed by atoms with E-state index in [-0.39, 0.29) is 5.54 Å². The maximum atomic E-state index is 6.55. The molecule has 100 valence electrons. The van der Waals surface area contributed by atoms with E-state index in [1.165, 1.54) is 18.4 Å². The molecule has 1 aromatic carbocycles. The average molecular weight is 314 g/mol. The molecule has 2 N–H and O–H groups in total. The monoisotopic (exact) mass is 313 g/mol. The number of rotatable bonds is 3. The molecule has 1 aliphatic carbocycles. The summed E-state index contributed by atoms with van der Waals surface area (Å²) < 4.78 is 11.8. The van der Waals surface area contributed by atoms with E-state index < -0.39 is 0 Å². The summed E-state index contributed by atoms with van der Waals surface area (Å²) in [5, 5.41) is 0. The highest BCUT2D eigenvalue weighted by molar-refractivity contribution is 9.10. The van der Waals surface area contributed by atoms with Gasteiger partial charge in [-0.05, 0) is 47.3 Å². The molecule has 0 radical (unpaired) electrons. The molecule has 1 aromatic rings. The molecule has 0 unspecified atom stereocenters. The first-order valence-electron chi connectivity index (χ1n) is 6.24. The summed E-state index contributed by atoms with van der Waals surface area (Å²) in [7, 11) is 3.31. The van der Waals surface area contributed by atoms with Gasteiger partial charge in [-0.2, -0.15) is 0 Å². The van der Waals surface area contributed by atoms with Gasteiger partial charge in [-0.15, -0.1) is 0 Å². The number of ether oxygens (including phenoxy) is 2. The van der Waals surface area contributed by atoms with Crippen LogP contribution in [0.15, 0.2) is 10.5 Å². The molecule has 1 saturated carbocycles. The van der Waals surface area contributed by atoms with Gasteiger partial charge in [0.25, 0.3) is 0 Å². The van der Waals surface area contributed by atoms with Gasteiger partial charge in [-0.25, -0.2) is 0 Å². The quantitative estimate of drug-likeness (QED) is 0.928. The first-order chi connectivity index (χ1) is 8.53. The molecule has 0 aromatic heterocycles. The van der Waals surface area contributed by atoms with Crippen molar-refractivity contribution >= 4 is 15.9 Å². The molecule has 0 aliphatic heterocycles. The third kappa shape index (κ3) is 2.12. The third-order valence-electron chi connectivity index (χ3n) is 3.88. The smallest absolute Gasteiger partial charge is 0.175 e. The Hall–Kier alpha value is -0.740. The molecule has 18 heavy (non-hydrogen) atoms. The Labute approximate surface area is 117 Å². The van der Waals surface area contributed by atoms with E-state index in [1.54, 1.807) is 14.2 Å². The SMILES string of the molecule is COc1c(Br)cc(C2(N)CCCC2)c(C)c1OC. The van der Waals surface area contributed by atoms with Crippen molar-refractivity contribution in [2.45, 2.75) is 38.1 Å². The lowest BCUT2D eigenvalue weighted by Crippen LogP contribution is -2.34. The Kier molecular flexibility index (Phi) is 3.87. The number of hydrogen-bond acceptors (Lipinski definition) is 3. The minimum absolute atomic E-state index is 0.216. The van der Waals surface area contributed by atoms with Gasteiger partial charge in [-0.1, -0.05) is 12.8 Å². The van der Waals surface area contributed by atoms with E-state index >= 15 is 0 Å². The van der Waals surface area contributed by atoms with Crippen LogP contribution in [-0.4, -0.2) is 14.2 Å². The largest absolute Gasteiger partial charge is 0.493 e. The zero-order chi connectivity index (χ0) is 13.3. The fourth-order valence-corrected chi connectivity index (χ4v) is 3.50. The van der Waals surface area contributed by atoms with Gasteiger partial charge in [-0.3, -0.25) is 0 Å². The van der Waals surface area contributed by atoms with Crippen molar-refractivity contribution in [3.05, 3.63) is 21.7 Å². The van der Waals surface area contributed by atoms with Gasteiger partial charge in [0.05, 0.1) is 18.7 Å². The summed E-state index contributed by atoms with van der Waals surface area (Å²) in [5.74, 6) is 1.51. The van der Waals surface area contributed by atoms with Crippen LogP contribution in [0.3, 0.4) is 0 Å². The summed E-state index contributed by atoms with van der Waals surface area (Å²) >= 11 is 3.54. The summed E-state index contributed by atoms with van der Waals surface area (Å²) in [6.07, 6.45) is 4.47. The molecule has 0 heterocycles. The number of hydrogen-bond donors (Lipinski definition) is 1. The molecule has 0 atom stereocenters. The minimum Gasteiger partial charge on any atom is -0.493 e. The normalized spacial score (nSPS) is 17.8.